The summed E-state index contributed by atoms with van der Waals surface area (Å²) in [5, 5.41) is 12.2. The number of carboxylic acid groups (broad SMARTS) is 1. The van der Waals surface area contributed by atoms with E-state index >= 15 is 0 Å². The molecule has 5 heteroatoms. The first-order chi connectivity index (χ1) is 9.58. The lowest BCUT2D eigenvalue weighted by molar-refractivity contribution is 0.0660. The van der Waals surface area contributed by atoms with Crippen LogP contribution < -0.4 is 5.32 Å². The SMILES string of the molecule is CC(C)C(CNCc1ccc(C(=O)O)o1)N1CCCC1. The average molecular weight is 280 g/mol. The molecular formula is C15H24N2O3. The fourth-order valence-corrected chi connectivity index (χ4v) is 2.79. The standard InChI is InChI=1S/C15H24N2O3/c1-11(2)13(17-7-3-4-8-17)10-16-9-12-5-6-14(20-12)15(18)19/h5-6,11,13,16H,3-4,7-10H2,1-2H3,(H,18,19). The average Bonchev–Trinajstić information content (AvgIpc) is 3.05. The van der Waals surface area contributed by atoms with Gasteiger partial charge in [0.25, 0.3) is 0 Å². The number of likely N-dealkylation sites (tertiary alicyclic amines) is 1. The molecule has 0 spiro atoms. The second-order valence-corrected chi connectivity index (χ2v) is 5.76. The summed E-state index contributed by atoms with van der Waals surface area (Å²) >= 11 is 0. The molecule has 2 heterocycles. The molecule has 1 aromatic rings. The minimum Gasteiger partial charge on any atom is -0.475 e. The Hall–Kier alpha value is -1.33. The Morgan fingerprint density at radius 2 is 2.10 bits per heavy atom. The number of hydrogen-bond donors (Lipinski definition) is 2. The molecule has 2 N–H and O–H groups in total. The molecule has 1 saturated heterocycles. The lowest BCUT2D eigenvalue weighted by Crippen LogP contribution is -2.44. The van der Waals surface area contributed by atoms with E-state index in [1.807, 2.05) is 0 Å². The molecule has 112 valence electrons. The van der Waals surface area contributed by atoms with Crippen LogP contribution in [-0.2, 0) is 6.54 Å². The Kier molecular flexibility index (Phi) is 5.20. The summed E-state index contributed by atoms with van der Waals surface area (Å²) in [7, 11) is 0. The maximum Gasteiger partial charge on any atom is 0.371 e. The Morgan fingerprint density at radius 3 is 2.65 bits per heavy atom. The normalized spacial score (nSPS) is 17.8. The number of nitrogens with zero attached hydrogens (tertiary/aromatic N) is 1. The first-order valence-electron chi connectivity index (χ1n) is 7.34. The van der Waals surface area contributed by atoms with Crippen LogP contribution in [0.2, 0.25) is 0 Å². The number of nitrogens with one attached hydrogen (secondary N) is 1. The van der Waals surface area contributed by atoms with Crippen LogP contribution in [0.25, 0.3) is 0 Å². The highest BCUT2D eigenvalue weighted by Crippen LogP contribution is 2.17. The summed E-state index contributed by atoms with van der Waals surface area (Å²) in [5.74, 6) is 0.258. The highest BCUT2D eigenvalue weighted by molar-refractivity contribution is 5.84. The molecule has 0 aromatic carbocycles. The number of carboxylic acids is 1. The van der Waals surface area contributed by atoms with Crippen molar-refractivity contribution in [3.05, 3.63) is 23.7 Å². The molecule has 1 fully saturated rings. The lowest BCUT2D eigenvalue weighted by atomic mass is 10.0. The van der Waals surface area contributed by atoms with Crippen LogP contribution in [0.15, 0.2) is 16.5 Å². The zero-order chi connectivity index (χ0) is 14.5. The van der Waals surface area contributed by atoms with Gasteiger partial charge in [-0.25, -0.2) is 4.79 Å². The summed E-state index contributed by atoms with van der Waals surface area (Å²) in [6.07, 6.45) is 2.59. The van der Waals surface area contributed by atoms with Crippen molar-refractivity contribution in [2.75, 3.05) is 19.6 Å². The Bertz CT molecular complexity index is 436. The van der Waals surface area contributed by atoms with Crippen molar-refractivity contribution < 1.29 is 14.3 Å². The first kappa shape index (κ1) is 15.1. The van der Waals surface area contributed by atoms with E-state index in [0.29, 0.717) is 24.3 Å². The fourth-order valence-electron chi connectivity index (χ4n) is 2.79. The van der Waals surface area contributed by atoms with Crippen LogP contribution in [0.3, 0.4) is 0 Å². The Morgan fingerprint density at radius 1 is 1.40 bits per heavy atom. The van der Waals surface area contributed by atoms with E-state index in [-0.39, 0.29) is 5.76 Å². The molecule has 1 aliphatic heterocycles. The molecule has 5 nitrogen and oxygen atoms in total. The number of carbonyl (C=O) groups is 1. The van der Waals surface area contributed by atoms with Gasteiger partial charge >= 0.3 is 5.97 Å². The number of aromatic carboxylic acids is 1. The minimum absolute atomic E-state index is 0.00162. The van der Waals surface area contributed by atoms with E-state index in [2.05, 4.69) is 24.1 Å². The largest absolute Gasteiger partial charge is 0.475 e. The summed E-state index contributed by atoms with van der Waals surface area (Å²) in [5.41, 5.74) is 0. The van der Waals surface area contributed by atoms with E-state index in [1.165, 1.54) is 32.0 Å². The van der Waals surface area contributed by atoms with Gasteiger partial charge in [0, 0.05) is 12.6 Å². The summed E-state index contributed by atoms with van der Waals surface area (Å²) < 4.78 is 5.24. The maximum atomic E-state index is 10.7. The van der Waals surface area contributed by atoms with Crippen molar-refractivity contribution in [1.29, 1.82) is 0 Å². The van der Waals surface area contributed by atoms with Gasteiger partial charge in [0.2, 0.25) is 5.76 Å². The van der Waals surface area contributed by atoms with Crippen LogP contribution in [-0.4, -0.2) is 41.7 Å². The van der Waals surface area contributed by atoms with Crippen molar-refractivity contribution in [2.45, 2.75) is 39.3 Å². The first-order valence-corrected chi connectivity index (χ1v) is 7.34. The zero-order valence-electron chi connectivity index (χ0n) is 12.3. The van der Waals surface area contributed by atoms with Gasteiger partial charge in [0.1, 0.15) is 5.76 Å². The predicted molar refractivity (Wildman–Crippen MR) is 76.8 cm³/mol. The van der Waals surface area contributed by atoms with Crippen molar-refractivity contribution in [1.82, 2.24) is 10.2 Å². The molecule has 0 radical (unpaired) electrons. The van der Waals surface area contributed by atoms with Gasteiger partial charge in [0.15, 0.2) is 0 Å². The van der Waals surface area contributed by atoms with Crippen molar-refractivity contribution in [2.24, 2.45) is 5.92 Å². The molecule has 2 rings (SSSR count). The summed E-state index contributed by atoms with van der Waals surface area (Å²) in [4.78, 5) is 13.3. The zero-order valence-corrected chi connectivity index (χ0v) is 12.3. The Labute approximate surface area is 119 Å². The molecule has 0 bridgehead atoms. The van der Waals surface area contributed by atoms with E-state index in [9.17, 15) is 4.79 Å². The fraction of sp³-hybridized carbons (Fsp3) is 0.667. The van der Waals surface area contributed by atoms with Crippen molar-refractivity contribution >= 4 is 5.97 Å². The monoisotopic (exact) mass is 280 g/mol. The van der Waals surface area contributed by atoms with E-state index < -0.39 is 5.97 Å². The second kappa shape index (κ2) is 6.90. The van der Waals surface area contributed by atoms with E-state index in [1.54, 1.807) is 6.07 Å². The topological polar surface area (TPSA) is 65.7 Å². The van der Waals surface area contributed by atoms with Crippen molar-refractivity contribution in [3.8, 4) is 0 Å². The quantitative estimate of drug-likeness (QED) is 0.801. The number of hydrogen-bond acceptors (Lipinski definition) is 4. The van der Waals surface area contributed by atoms with Gasteiger partial charge in [-0.2, -0.15) is 0 Å². The third kappa shape index (κ3) is 3.84. The highest BCUT2D eigenvalue weighted by Gasteiger charge is 2.24. The van der Waals surface area contributed by atoms with Crippen molar-refractivity contribution in [3.63, 3.8) is 0 Å². The van der Waals surface area contributed by atoms with Gasteiger partial charge in [0.05, 0.1) is 6.54 Å². The predicted octanol–water partition coefficient (Wildman–Crippen LogP) is 2.19. The van der Waals surface area contributed by atoms with Gasteiger partial charge < -0.3 is 14.8 Å². The van der Waals surface area contributed by atoms with E-state index in [4.69, 9.17) is 9.52 Å². The van der Waals surface area contributed by atoms with Crippen LogP contribution in [0.1, 0.15) is 43.0 Å². The second-order valence-electron chi connectivity index (χ2n) is 5.76. The third-order valence-corrected chi connectivity index (χ3v) is 3.90. The summed E-state index contributed by atoms with van der Waals surface area (Å²) in [6, 6.07) is 3.75. The number of rotatable bonds is 7. The summed E-state index contributed by atoms with van der Waals surface area (Å²) in [6.45, 7) is 8.36. The number of furan rings is 1. The molecule has 1 aromatic heterocycles. The molecule has 20 heavy (non-hydrogen) atoms. The van der Waals surface area contributed by atoms with Gasteiger partial charge in [-0.05, 0) is 44.0 Å². The van der Waals surface area contributed by atoms with Gasteiger partial charge in [-0.1, -0.05) is 13.8 Å². The molecule has 1 atom stereocenters. The van der Waals surface area contributed by atoms with Crippen LogP contribution in [0, 0.1) is 5.92 Å². The van der Waals surface area contributed by atoms with Crippen LogP contribution >= 0.6 is 0 Å². The van der Waals surface area contributed by atoms with Gasteiger partial charge in [-0.15, -0.1) is 0 Å². The minimum atomic E-state index is -1.02. The van der Waals surface area contributed by atoms with E-state index in [0.717, 1.165) is 6.54 Å². The lowest BCUT2D eigenvalue weighted by Gasteiger charge is -2.31. The smallest absolute Gasteiger partial charge is 0.371 e. The van der Waals surface area contributed by atoms with Crippen LogP contribution in [0.5, 0.6) is 0 Å². The molecule has 1 aliphatic rings. The molecule has 0 saturated carbocycles. The molecule has 0 amide bonds. The van der Waals surface area contributed by atoms with Crippen LogP contribution in [0.4, 0.5) is 0 Å². The molecular weight excluding hydrogens is 256 g/mol. The highest BCUT2D eigenvalue weighted by atomic mass is 16.4. The van der Waals surface area contributed by atoms with Gasteiger partial charge in [-0.3, -0.25) is 4.90 Å². The maximum absolute atomic E-state index is 10.7. The third-order valence-electron chi connectivity index (χ3n) is 3.90. The Balaban J connectivity index is 1.81. The molecule has 0 aliphatic carbocycles. The molecule has 1 unspecified atom stereocenters.